The fourth-order valence-electron chi connectivity index (χ4n) is 2.21. The van der Waals surface area contributed by atoms with E-state index in [4.69, 9.17) is 10.5 Å². The summed E-state index contributed by atoms with van der Waals surface area (Å²) >= 11 is 0. The second-order valence-corrected chi connectivity index (χ2v) is 5.02. The molecule has 1 fully saturated rings. The maximum absolute atomic E-state index is 5.79. The van der Waals surface area contributed by atoms with Crippen molar-refractivity contribution in [2.45, 2.75) is 32.2 Å². The van der Waals surface area contributed by atoms with Gasteiger partial charge in [-0.1, -0.05) is 6.92 Å². The Hall–Kier alpha value is -1.36. The molecule has 0 unspecified atom stereocenters. The molecule has 1 aromatic rings. The summed E-state index contributed by atoms with van der Waals surface area (Å²) in [5.41, 5.74) is 5.79. The van der Waals surface area contributed by atoms with Gasteiger partial charge in [-0.3, -0.25) is 0 Å². The lowest BCUT2D eigenvalue weighted by molar-refractivity contribution is 0.269. The van der Waals surface area contributed by atoms with Gasteiger partial charge in [-0.25, -0.2) is 4.98 Å². The van der Waals surface area contributed by atoms with Gasteiger partial charge in [-0.2, -0.15) is 4.98 Å². The van der Waals surface area contributed by atoms with Crippen LogP contribution in [0.25, 0.3) is 0 Å². The topological polar surface area (TPSA) is 64.3 Å². The highest BCUT2D eigenvalue weighted by Gasteiger charge is 2.27. The molecule has 0 bridgehead atoms. The van der Waals surface area contributed by atoms with E-state index in [9.17, 15) is 0 Å². The lowest BCUT2D eigenvalue weighted by Gasteiger charge is -2.35. The van der Waals surface area contributed by atoms with E-state index < -0.39 is 0 Å². The number of nitrogens with two attached hydrogens (primary N) is 1. The smallest absolute Gasteiger partial charge is 0.228 e. The molecule has 1 aromatic heterocycles. The van der Waals surface area contributed by atoms with Crippen LogP contribution >= 0.6 is 0 Å². The van der Waals surface area contributed by atoms with Gasteiger partial charge >= 0.3 is 0 Å². The third-order valence-electron chi connectivity index (χ3n) is 3.22. The minimum Gasteiger partial charge on any atom is -0.478 e. The van der Waals surface area contributed by atoms with Crippen LogP contribution in [-0.2, 0) is 0 Å². The molecule has 1 heterocycles. The number of hydrogen-bond donors (Lipinski definition) is 1. The predicted octanol–water partition coefficient (Wildman–Crippen LogP) is 1.44. The molecule has 0 atom stereocenters. The zero-order valence-electron chi connectivity index (χ0n) is 11.2. The fourth-order valence-corrected chi connectivity index (χ4v) is 2.21. The first kappa shape index (κ1) is 13.1. The third-order valence-corrected chi connectivity index (χ3v) is 3.22. The molecule has 1 aliphatic carbocycles. The Kier molecular flexibility index (Phi) is 4.36. The molecule has 5 heteroatoms. The first-order chi connectivity index (χ1) is 8.69. The number of ether oxygens (including phenoxy) is 1. The molecule has 5 nitrogen and oxygen atoms in total. The van der Waals surface area contributed by atoms with E-state index in [0.29, 0.717) is 24.4 Å². The van der Waals surface area contributed by atoms with Crippen molar-refractivity contribution in [3.63, 3.8) is 0 Å². The van der Waals surface area contributed by atoms with Crippen LogP contribution in [0.4, 0.5) is 5.95 Å². The molecule has 2 N–H and O–H groups in total. The molecule has 0 amide bonds. The molecule has 0 aromatic carbocycles. The number of aromatic nitrogens is 2. The van der Waals surface area contributed by atoms with Crippen molar-refractivity contribution in [2.24, 2.45) is 11.7 Å². The molecule has 0 saturated heterocycles. The van der Waals surface area contributed by atoms with Crippen LogP contribution in [0.2, 0.25) is 0 Å². The Balaban J connectivity index is 1.90. The Labute approximate surface area is 108 Å². The average molecular weight is 250 g/mol. The summed E-state index contributed by atoms with van der Waals surface area (Å²) in [5, 5.41) is 0. The van der Waals surface area contributed by atoms with Crippen LogP contribution in [0.5, 0.6) is 5.88 Å². The molecule has 0 spiro atoms. The molecular weight excluding hydrogens is 228 g/mol. The number of rotatable bonds is 6. The van der Waals surface area contributed by atoms with Crippen molar-refractivity contribution >= 4 is 5.95 Å². The van der Waals surface area contributed by atoms with Gasteiger partial charge in [0.2, 0.25) is 11.8 Å². The van der Waals surface area contributed by atoms with E-state index in [1.165, 1.54) is 0 Å². The van der Waals surface area contributed by atoms with Crippen LogP contribution in [0.3, 0.4) is 0 Å². The van der Waals surface area contributed by atoms with Gasteiger partial charge in [0.05, 0.1) is 6.61 Å². The van der Waals surface area contributed by atoms with Crippen LogP contribution in [0, 0.1) is 5.92 Å². The van der Waals surface area contributed by atoms with E-state index in [1.807, 2.05) is 7.05 Å². The quantitative estimate of drug-likeness (QED) is 0.827. The summed E-state index contributed by atoms with van der Waals surface area (Å²) < 4.78 is 5.51. The molecule has 2 rings (SSSR count). The zero-order chi connectivity index (χ0) is 13.0. The van der Waals surface area contributed by atoms with Crippen LogP contribution < -0.4 is 15.4 Å². The maximum atomic E-state index is 5.79. The first-order valence-electron chi connectivity index (χ1n) is 6.61. The predicted molar refractivity (Wildman–Crippen MR) is 71.8 cm³/mol. The number of nitrogens with zero attached hydrogens (tertiary/aromatic N) is 3. The van der Waals surface area contributed by atoms with Crippen molar-refractivity contribution in [2.75, 3.05) is 25.1 Å². The Morgan fingerprint density at radius 2 is 2.28 bits per heavy atom. The van der Waals surface area contributed by atoms with Gasteiger partial charge in [0.1, 0.15) is 0 Å². The minimum atomic E-state index is 0.392. The molecule has 18 heavy (non-hydrogen) atoms. The molecule has 0 radical (unpaired) electrons. The van der Waals surface area contributed by atoms with Crippen molar-refractivity contribution in [1.82, 2.24) is 9.97 Å². The average Bonchev–Trinajstić information content (AvgIpc) is 2.35. The molecule has 1 saturated carbocycles. The monoisotopic (exact) mass is 250 g/mol. The number of anilines is 1. The molecular formula is C13H22N4O. The Morgan fingerprint density at radius 3 is 2.94 bits per heavy atom. The summed E-state index contributed by atoms with van der Waals surface area (Å²) in [6, 6.07) is 2.19. The van der Waals surface area contributed by atoms with Crippen LogP contribution in [0.1, 0.15) is 26.2 Å². The highest BCUT2D eigenvalue weighted by Crippen LogP contribution is 2.27. The summed E-state index contributed by atoms with van der Waals surface area (Å²) in [5.74, 6) is 2.05. The van der Waals surface area contributed by atoms with E-state index in [2.05, 4.69) is 21.8 Å². The van der Waals surface area contributed by atoms with Gasteiger partial charge in [0.15, 0.2) is 0 Å². The Bertz CT molecular complexity index is 379. The second-order valence-electron chi connectivity index (χ2n) is 5.02. The van der Waals surface area contributed by atoms with E-state index in [0.717, 1.165) is 31.8 Å². The van der Waals surface area contributed by atoms with Crippen LogP contribution in [0.15, 0.2) is 12.3 Å². The highest BCUT2D eigenvalue weighted by atomic mass is 16.5. The highest BCUT2D eigenvalue weighted by molar-refractivity contribution is 5.30. The molecule has 1 aliphatic rings. The standard InChI is InChI=1S/C13H22N4O/c1-3-6-18-12-4-5-15-13(16-12)17(2)9-10-7-11(14)8-10/h4-5,10-11H,3,6-9,14H2,1-2H3. The van der Waals surface area contributed by atoms with Gasteiger partial charge in [0.25, 0.3) is 0 Å². The minimum absolute atomic E-state index is 0.392. The normalized spacial score (nSPS) is 22.4. The Morgan fingerprint density at radius 1 is 1.50 bits per heavy atom. The summed E-state index contributed by atoms with van der Waals surface area (Å²) in [6.45, 7) is 3.73. The third kappa shape index (κ3) is 3.32. The SMILES string of the molecule is CCCOc1ccnc(N(C)CC2CC(N)C2)n1. The lowest BCUT2D eigenvalue weighted by Crippen LogP contribution is -2.42. The van der Waals surface area contributed by atoms with Crippen LogP contribution in [-0.4, -0.2) is 36.2 Å². The van der Waals surface area contributed by atoms with Crippen molar-refractivity contribution in [1.29, 1.82) is 0 Å². The molecule has 0 aliphatic heterocycles. The second kappa shape index (κ2) is 6.00. The van der Waals surface area contributed by atoms with Gasteiger partial charge < -0.3 is 15.4 Å². The zero-order valence-corrected chi connectivity index (χ0v) is 11.2. The van der Waals surface area contributed by atoms with Crippen molar-refractivity contribution in [3.05, 3.63) is 12.3 Å². The van der Waals surface area contributed by atoms with E-state index in [-0.39, 0.29) is 0 Å². The summed E-state index contributed by atoms with van der Waals surface area (Å²) in [4.78, 5) is 10.8. The molecule has 100 valence electrons. The van der Waals surface area contributed by atoms with Gasteiger partial charge in [-0.15, -0.1) is 0 Å². The first-order valence-corrected chi connectivity index (χ1v) is 6.61. The lowest BCUT2D eigenvalue weighted by atomic mass is 9.81. The fraction of sp³-hybridized carbons (Fsp3) is 0.692. The largest absolute Gasteiger partial charge is 0.478 e. The van der Waals surface area contributed by atoms with Crippen molar-refractivity contribution in [3.8, 4) is 5.88 Å². The summed E-state index contributed by atoms with van der Waals surface area (Å²) in [6.07, 6.45) is 4.94. The van der Waals surface area contributed by atoms with E-state index in [1.54, 1.807) is 12.3 Å². The van der Waals surface area contributed by atoms with Gasteiger partial charge in [-0.05, 0) is 25.2 Å². The van der Waals surface area contributed by atoms with Gasteiger partial charge in [0, 0.05) is 31.9 Å². The number of hydrogen-bond acceptors (Lipinski definition) is 5. The van der Waals surface area contributed by atoms with E-state index >= 15 is 0 Å². The van der Waals surface area contributed by atoms with Crippen molar-refractivity contribution < 1.29 is 4.74 Å². The summed E-state index contributed by atoms with van der Waals surface area (Å²) in [7, 11) is 2.02. The maximum Gasteiger partial charge on any atom is 0.228 e.